The predicted octanol–water partition coefficient (Wildman–Crippen LogP) is 1.36. The van der Waals surface area contributed by atoms with Gasteiger partial charge >= 0.3 is 0 Å². The van der Waals surface area contributed by atoms with E-state index in [0.29, 0.717) is 5.92 Å². The van der Waals surface area contributed by atoms with Crippen LogP contribution in [0.4, 0.5) is 0 Å². The summed E-state index contributed by atoms with van der Waals surface area (Å²) in [5.41, 5.74) is -0.143. The summed E-state index contributed by atoms with van der Waals surface area (Å²) < 4.78 is 0. The van der Waals surface area contributed by atoms with Crippen LogP contribution >= 0.6 is 0 Å². The summed E-state index contributed by atoms with van der Waals surface area (Å²) in [6, 6.07) is 0. The van der Waals surface area contributed by atoms with E-state index in [-0.39, 0.29) is 16.7 Å². The fourth-order valence-corrected chi connectivity index (χ4v) is 3.20. The molecule has 0 spiro atoms. The third-order valence-electron chi connectivity index (χ3n) is 4.11. The van der Waals surface area contributed by atoms with E-state index in [0.717, 1.165) is 12.8 Å². The number of carbonyl (C=O) groups excluding carboxylic acids is 1. The van der Waals surface area contributed by atoms with Gasteiger partial charge in [0, 0.05) is 17.3 Å². The molecule has 2 bridgehead atoms. The van der Waals surface area contributed by atoms with Crippen LogP contribution in [0.2, 0.25) is 0 Å². The molecule has 0 N–H and O–H groups in total. The minimum absolute atomic E-state index is 0.0134. The molecule has 2 rings (SSSR count). The zero-order chi connectivity index (χ0) is 10.6. The maximum absolute atomic E-state index is 11.1. The van der Waals surface area contributed by atoms with Gasteiger partial charge in [-0.3, -0.25) is 0 Å². The smallest absolute Gasteiger partial charge is 0.0454 e. The van der Waals surface area contributed by atoms with Crippen LogP contribution in [0.5, 0.6) is 0 Å². The maximum Gasteiger partial charge on any atom is 0.0454 e. The topological polar surface area (TPSA) is 40.1 Å². The molecule has 1 fully saturated rings. The molecule has 0 heterocycles. The van der Waals surface area contributed by atoms with Crippen molar-refractivity contribution in [1.29, 1.82) is 0 Å². The lowest BCUT2D eigenvalue weighted by Gasteiger charge is -2.44. The molecule has 0 aliphatic heterocycles. The number of aliphatic carboxylic acids is 1. The molecule has 0 aromatic heterocycles. The van der Waals surface area contributed by atoms with E-state index in [4.69, 9.17) is 0 Å². The second-order valence-electron chi connectivity index (χ2n) is 5.72. The first-order chi connectivity index (χ1) is 6.37. The van der Waals surface area contributed by atoms with E-state index >= 15 is 0 Å². The van der Waals surface area contributed by atoms with Crippen molar-refractivity contribution in [2.24, 2.45) is 22.7 Å². The Morgan fingerprint density at radius 1 is 1.50 bits per heavy atom. The van der Waals surface area contributed by atoms with E-state index in [1.165, 1.54) is 0 Å². The Hall–Kier alpha value is -0.790. The first-order valence-electron chi connectivity index (χ1n) is 5.27. The second-order valence-corrected chi connectivity index (χ2v) is 5.72. The lowest BCUT2D eigenvalue weighted by atomic mass is 9.61. The predicted molar refractivity (Wildman–Crippen MR) is 52.2 cm³/mol. The molecule has 78 valence electrons. The number of carboxylic acid groups (broad SMARTS) is 1. The standard InChI is InChI=1S/C12H18O2/c1-11(2,3)12-5-4-8(7-12)6-9(12)10(13)14/h4-5,8-9H,6-7H2,1-3H3,(H,13,14)/p-1. The molecule has 2 aliphatic rings. The van der Waals surface area contributed by atoms with Gasteiger partial charge in [-0.15, -0.1) is 0 Å². The number of hydrogen-bond donors (Lipinski definition) is 0. The number of carboxylic acids is 1. The average molecular weight is 193 g/mol. The van der Waals surface area contributed by atoms with Crippen LogP contribution in [0.25, 0.3) is 0 Å². The van der Waals surface area contributed by atoms with Gasteiger partial charge in [-0.05, 0) is 24.2 Å². The molecule has 14 heavy (non-hydrogen) atoms. The van der Waals surface area contributed by atoms with Gasteiger partial charge in [0.1, 0.15) is 0 Å². The molecule has 2 nitrogen and oxygen atoms in total. The second kappa shape index (κ2) is 2.62. The van der Waals surface area contributed by atoms with Gasteiger partial charge in [0.15, 0.2) is 0 Å². The lowest BCUT2D eigenvalue weighted by molar-refractivity contribution is -0.315. The van der Waals surface area contributed by atoms with E-state index in [9.17, 15) is 9.90 Å². The molecule has 3 atom stereocenters. The molecule has 1 saturated carbocycles. The van der Waals surface area contributed by atoms with Crippen LogP contribution in [0.3, 0.4) is 0 Å². The molecule has 0 saturated heterocycles. The quantitative estimate of drug-likeness (QED) is 0.590. The molecule has 0 amide bonds. The van der Waals surface area contributed by atoms with Crippen LogP contribution < -0.4 is 5.11 Å². The molecule has 2 heteroatoms. The van der Waals surface area contributed by atoms with Gasteiger partial charge in [-0.2, -0.15) is 0 Å². The van der Waals surface area contributed by atoms with Gasteiger partial charge in [0.25, 0.3) is 0 Å². The summed E-state index contributed by atoms with van der Waals surface area (Å²) in [4.78, 5) is 11.1. The number of rotatable bonds is 1. The van der Waals surface area contributed by atoms with Crippen molar-refractivity contribution in [3.05, 3.63) is 12.2 Å². The van der Waals surface area contributed by atoms with Crippen molar-refractivity contribution in [2.75, 3.05) is 0 Å². The largest absolute Gasteiger partial charge is 0.550 e. The first-order valence-corrected chi connectivity index (χ1v) is 5.27. The summed E-state index contributed by atoms with van der Waals surface area (Å²) >= 11 is 0. The Morgan fingerprint density at radius 3 is 2.50 bits per heavy atom. The highest BCUT2D eigenvalue weighted by Gasteiger charge is 2.55. The fourth-order valence-electron chi connectivity index (χ4n) is 3.20. The Labute approximate surface area is 85.0 Å². The Kier molecular flexibility index (Phi) is 1.82. The Morgan fingerprint density at radius 2 is 2.14 bits per heavy atom. The van der Waals surface area contributed by atoms with Crippen LogP contribution in [-0.4, -0.2) is 5.97 Å². The minimum atomic E-state index is -0.869. The van der Waals surface area contributed by atoms with E-state index in [1.54, 1.807) is 0 Å². The van der Waals surface area contributed by atoms with E-state index < -0.39 is 5.97 Å². The third-order valence-corrected chi connectivity index (χ3v) is 4.11. The molecule has 0 radical (unpaired) electrons. The zero-order valence-electron chi connectivity index (χ0n) is 9.04. The summed E-state index contributed by atoms with van der Waals surface area (Å²) in [7, 11) is 0. The summed E-state index contributed by atoms with van der Waals surface area (Å²) in [6.07, 6.45) is 6.08. The maximum atomic E-state index is 11.1. The highest BCUT2D eigenvalue weighted by molar-refractivity contribution is 5.71. The Balaban J connectivity index is 2.41. The normalized spacial score (nSPS) is 40.5. The van der Waals surface area contributed by atoms with Crippen molar-refractivity contribution in [1.82, 2.24) is 0 Å². The first kappa shape index (κ1) is 9.75. The number of hydrogen-bond acceptors (Lipinski definition) is 2. The van der Waals surface area contributed by atoms with Gasteiger partial charge in [0.05, 0.1) is 0 Å². The fraction of sp³-hybridized carbons (Fsp3) is 0.750. The van der Waals surface area contributed by atoms with Crippen molar-refractivity contribution in [3.63, 3.8) is 0 Å². The minimum Gasteiger partial charge on any atom is -0.550 e. The SMILES string of the molecule is CC(C)(C)C12C=CC(CC1C(=O)[O-])C2. The average Bonchev–Trinajstić information content (AvgIpc) is 2.58. The number of allylic oxidation sites excluding steroid dienone is 2. The van der Waals surface area contributed by atoms with Crippen LogP contribution in [0.15, 0.2) is 12.2 Å². The van der Waals surface area contributed by atoms with Gasteiger partial charge in [-0.25, -0.2) is 0 Å². The molecule has 3 unspecified atom stereocenters. The van der Waals surface area contributed by atoms with Crippen molar-refractivity contribution in [3.8, 4) is 0 Å². The van der Waals surface area contributed by atoms with Crippen LogP contribution in [-0.2, 0) is 4.79 Å². The molecule has 2 aliphatic carbocycles. The highest BCUT2D eigenvalue weighted by atomic mass is 16.4. The summed E-state index contributed by atoms with van der Waals surface area (Å²) in [5.74, 6) is -0.679. The lowest BCUT2D eigenvalue weighted by Crippen LogP contribution is -2.45. The molecule has 0 aromatic rings. The highest BCUT2D eigenvalue weighted by Crippen LogP contribution is 2.61. The van der Waals surface area contributed by atoms with Gasteiger partial charge in [0.2, 0.25) is 0 Å². The van der Waals surface area contributed by atoms with E-state index in [1.807, 2.05) is 0 Å². The Bertz CT molecular complexity index is 298. The van der Waals surface area contributed by atoms with Crippen molar-refractivity contribution >= 4 is 5.97 Å². The van der Waals surface area contributed by atoms with Crippen LogP contribution in [0.1, 0.15) is 33.6 Å². The van der Waals surface area contributed by atoms with Gasteiger partial charge in [-0.1, -0.05) is 32.9 Å². The summed E-state index contributed by atoms with van der Waals surface area (Å²) in [5, 5.41) is 11.1. The molecular formula is C12H17O2-. The monoisotopic (exact) mass is 193 g/mol. The zero-order valence-corrected chi connectivity index (χ0v) is 9.04. The molecular weight excluding hydrogens is 176 g/mol. The molecule has 0 aromatic carbocycles. The van der Waals surface area contributed by atoms with Crippen molar-refractivity contribution in [2.45, 2.75) is 33.6 Å². The van der Waals surface area contributed by atoms with Gasteiger partial charge < -0.3 is 9.90 Å². The number of fused-ring (bicyclic) bond motifs is 2. The van der Waals surface area contributed by atoms with E-state index in [2.05, 4.69) is 32.9 Å². The van der Waals surface area contributed by atoms with Crippen LogP contribution in [0, 0.1) is 22.7 Å². The summed E-state index contributed by atoms with van der Waals surface area (Å²) in [6.45, 7) is 6.38. The van der Waals surface area contributed by atoms with Crippen molar-refractivity contribution < 1.29 is 9.90 Å². The number of carbonyl (C=O) groups is 1. The third kappa shape index (κ3) is 1.06.